The molecule has 1 aliphatic rings. The lowest BCUT2D eigenvalue weighted by molar-refractivity contribution is -0.137. The largest absolute Gasteiger partial charge is 0.481 e. The van der Waals surface area contributed by atoms with Gasteiger partial charge >= 0.3 is 12.0 Å². The maximum atomic E-state index is 13.6. The molecule has 2 heterocycles. The number of rotatable bonds is 13. The number of nitrogens with one attached hydrogen (secondary N) is 3. The predicted octanol–water partition coefficient (Wildman–Crippen LogP) is 3.58. The zero-order valence-corrected chi connectivity index (χ0v) is 24.1. The third-order valence-corrected chi connectivity index (χ3v) is 7.37. The van der Waals surface area contributed by atoms with Gasteiger partial charge in [0.05, 0.1) is 0 Å². The number of urea groups is 1. The second kappa shape index (κ2) is 15.3. The lowest BCUT2D eigenvalue weighted by Gasteiger charge is -2.27. The van der Waals surface area contributed by atoms with Crippen LogP contribution < -0.4 is 16.0 Å². The van der Waals surface area contributed by atoms with E-state index in [1.54, 1.807) is 4.90 Å². The standard InChI is InChI=1S/C30H45N5O5/c1-21(2)18-24(33-30(40)35-16-10-4-5-11-17-35)29(39)32-25(28(38)31-15-9-8-14-27(36)37)19-22-20-34(3)26-13-7-6-12-23(22)26/h6-7,12-13,20-21,24-25H,4-5,8-11,14-19H2,1-3H3,(H,31,38)(H,32,39)(H,33,40)(H,36,37)/t24-,25+/m0/s1. The van der Waals surface area contributed by atoms with Crippen LogP contribution in [0.25, 0.3) is 10.9 Å². The van der Waals surface area contributed by atoms with Gasteiger partial charge < -0.3 is 30.5 Å². The summed E-state index contributed by atoms with van der Waals surface area (Å²) in [6.07, 6.45) is 7.82. The summed E-state index contributed by atoms with van der Waals surface area (Å²) in [5, 5.41) is 18.6. The van der Waals surface area contributed by atoms with Crippen molar-refractivity contribution in [1.29, 1.82) is 0 Å². The molecular weight excluding hydrogens is 510 g/mol. The molecule has 2 atom stereocenters. The van der Waals surface area contributed by atoms with Gasteiger partial charge in [-0.15, -0.1) is 0 Å². The molecule has 4 N–H and O–H groups in total. The highest BCUT2D eigenvalue weighted by Crippen LogP contribution is 2.22. The monoisotopic (exact) mass is 555 g/mol. The van der Waals surface area contributed by atoms with E-state index in [2.05, 4.69) is 16.0 Å². The molecule has 1 aromatic carbocycles. The molecule has 4 amide bonds. The van der Waals surface area contributed by atoms with Gasteiger partial charge in [0.2, 0.25) is 11.8 Å². The number of unbranched alkanes of at least 4 members (excludes halogenated alkanes) is 1. The molecule has 0 saturated carbocycles. The number of amides is 4. The number of carboxylic acids is 1. The molecular formula is C30H45N5O5. The van der Waals surface area contributed by atoms with Crippen molar-refractivity contribution in [1.82, 2.24) is 25.4 Å². The topological polar surface area (TPSA) is 133 Å². The van der Waals surface area contributed by atoms with E-state index in [0.717, 1.165) is 42.1 Å². The van der Waals surface area contributed by atoms with E-state index in [0.29, 0.717) is 38.9 Å². The minimum Gasteiger partial charge on any atom is -0.481 e. The van der Waals surface area contributed by atoms with Crippen molar-refractivity contribution in [2.75, 3.05) is 19.6 Å². The first kappa shape index (κ1) is 31.0. The molecule has 0 radical (unpaired) electrons. The summed E-state index contributed by atoms with van der Waals surface area (Å²) in [4.78, 5) is 52.6. The number of benzene rings is 1. The van der Waals surface area contributed by atoms with Crippen LogP contribution in [0.5, 0.6) is 0 Å². The number of carboxylic acid groups (broad SMARTS) is 1. The second-order valence-electron chi connectivity index (χ2n) is 11.2. The van der Waals surface area contributed by atoms with Gasteiger partial charge in [-0.2, -0.15) is 0 Å². The number of fused-ring (bicyclic) bond motifs is 1. The van der Waals surface area contributed by atoms with Crippen LogP contribution in [0.15, 0.2) is 30.5 Å². The molecule has 10 nitrogen and oxygen atoms in total. The van der Waals surface area contributed by atoms with Crippen molar-refractivity contribution < 1.29 is 24.3 Å². The Hall–Kier alpha value is -3.56. The van der Waals surface area contributed by atoms with E-state index >= 15 is 0 Å². The van der Waals surface area contributed by atoms with E-state index in [9.17, 15) is 19.2 Å². The third kappa shape index (κ3) is 9.27. The molecule has 2 aromatic rings. The maximum Gasteiger partial charge on any atom is 0.318 e. The highest BCUT2D eigenvalue weighted by atomic mass is 16.4. The van der Waals surface area contributed by atoms with E-state index in [1.807, 2.05) is 55.9 Å². The van der Waals surface area contributed by atoms with Gasteiger partial charge in [-0.05, 0) is 49.7 Å². The summed E-state index contributed by atoms with van der Waals surface area (Å²) >= 11 is 0. The van der Waals surface area contributed by atoms with Gasteiger partial charge in [-0.1, -0.05) is 44.9 Å². The van der Waals surface area contributed by atoms with Crippen molar-refractivity contribution in [3.05, 3.63) is 36.0 Å². The number of carbonyl (C=O) groups is 4. The number of carbonyl (C=O) groups excluding carboxylic acids is 3. The predicted molar refractivity (Wildman–Crippen MR) is 155 cm³/mol. The number of likely N-dealkylation sites (tertiary alicyclic amines) is 1. The van der Waals surface area contributed by atoms with Gasteiger partial charge in [0.25, 0.3) is 0 Å². The number of aliphatic carboxylic acids is 1. The number of nitrogens with zero attached hydrogens (tertiary/aromatic N) is 2. The zero-order chi connectivity index (χ0) is 29.1. The van der Waals surface area contributed by atoms with E-state index in [1.165, 1.54) is 0 Å². The summed E-state index contributed by atoms with van der Waals surface area (Å²) in [5.74, 6) is -1.44. The molecule has 0 aliphatic carbocycles. The van der Waals surface area contributed by atoms with Gasteiger partial charge in [0, 0.05) is 56.6 Å². The van der Waals surface area contributed by atoms with Crippen molar-refractivity contribution in [3.63, 3.8) is 0 Å². The molecule has 0 spiro atoms. The normalized spacial score (nSPS) is 15.3. The molecule has 0 bridgehead atoms. The number of aromatic nitrogens is 1. The van der Waals surface area contributed by atoms with Gasteiger partial charge in [-0.3, -0.25) is 14.4 Å². The van der Waals surface area contributed by atoms with Crippen LogP contribution in [0.4, 0.5) is 4.79 Å². The van der Waals surface area contributed by atoms with Crippen molar-refractivity contribution in [2.24, 2.45) is 13.0 Å². The number of para-hydroxylation sites is 1. The summed E-state index contributed by atoms with van der Waals surface area (Å²) in [7, 11) is 1.94. The average molecular weight is 556 g/mol. The van der Waals surface area contributed by atoms with Crippen molar-refractivity contribution in [2.45, 2.75) is 83.7 Å². The molecule has 1 aliphatic heterocycles. The van der Waals surface area contributed by atoms with Crippen LogP contribution in [0.1, 0.15) is 70.8 Å². The zero-order valence-electron chi connectivity index (χ0n) is 24.1. The minimum atomic E-state index is -0.870. The van der Waals surface area contributed by atoms with Gasteiger partial charge in [0.1, 0.15) is 12.1 Å². The van der Waals surface area contributed by atoms with Crippen LogP contribution in [0.3, 0.4) is 0 Å². The quantitative estimate of drug-likeness (QED) is 0.281. The van der Waals surface area contributed by atoms with Crippen molar-refractivity contribution in [3.8, 4) is 0 Å². The minimum absolute atomic E-state index is 0.0413. The Morgan fingerprint density at radius 3 is 2.30 bits per heavy atom. The third-order valence-electron chi connectivity index (χ3n) is 7.37. The Bertz CT molecular complexity index is 1150. The Balaban J connectivity index is 1.75. The molecule has 1 fully saturated rings. The Kier molecular flexibility index (Phi) is 11.8. The fourth-order valence-corrected chi connectivity index (χ4v) is 5.24. The molecule has 0 unspecified atom stereocenters. The smallest absolute Gasteiger partial charge is 0.318 e. The highest BCUT2D eigenvalue weighted by Gasteiger charge is 2.29. The van der Waals surface area contributed by atoms with Crippen LogP contribution in [0.2, 0.25) is 0 Å². The SMILES string of the molecule is CC(C)C[C@H](NC(=O)N1CCCCCC1)C(=O)N[C@H](Cc1cn(C)c2ccccc12)C(=O)NCCCCC(=O)O. The van der Waals surface area contributed by atoms with Gasteiger partial charge in [-0.25, -0.2) is 4.79 Å². The fraction of sp³-hybridized carbons (Fsp3) is 0.600. The van der Waals surface area contributed by atoms with Crippen LogP contribution >= 0.6 is 0 Å². The Morgan fingerprint density at radius 2 is 1.62 bits per heavy atom. The lowest BCUT2D eigenvalue weighted by atomic mass is 10.0. The molecule has 1 saturated heterocycles. The number of hydrogen-bond acceptors (Lipinski definition) is 4. The average Bonchev–Trinajstić information content (AvgIpc) is 3.07. The molecule has 220 valence electrons. The molecule has 10 heteroatoms. The Labute approximate surface area is 236 Å². The van der Waals surface area contributed by atoms with Crippen LogP contribution in [-0.2, 0) is 27.9 Å². The summed E-state index contributed by atoms with van der Waals surface area (Å²) in [5.41, 5.74) is 1.96. The summed E-state index contributed by atoms with van der Waals surface area (Å²) in [6.45, 7) is 5.66. The van der Waals surface area contributed by atoms with E-state index in [-0.39, 0.29) is 36.6 Å². The van der Waals surface area contributed by atoms with E-state index < -0.39 is 18.1 Å². The fourth-order valence-electron chi connectivity index (χ4n) is 5.24. The molecule has 40 heavy (non-hydrogen) atoms. The first-order valence-corrected chi connectivity index (χ1v) is 14.5. The van der Waals surface area contributed by atoms with Crippen LogP contribution in [-0.4, -0.2) is 70.1 Å². The second-order valence-corrected chi connectivity index (χ2v) is 11.2. The Morgan fingerprint density at radius 1 is 0.925 bits per heavy atom. The summed E-state index contributed by atoms with van der Waals surface area (Å²) < 4.78 is 2.00. The molecule has 3 rings (SSSR count). The van der Waals surface area contributed by atoms with Crippen molar-refractivity contribution >= 4 is 34.7 Å². The molecule has 1 aromatic heterocycles. The van der Waals surface area contributed by atoms with E-state index in [4.69, 9.17) is 5.11 Å². The van der Waals surface area contributed by atoms with Gasteiger partial charge in [0.15, 0.2) is 0 Å². The maximum absolute atomic E-state index is 13.6. The lowest BCUT2D eigenvalue weighted by Crippen LogP contribution is -2.56. The number of hydrogen-bond donors (Lipinski definition) is 4. The highest BCUT2D eigenvalue weighted by molar-refractivity contribution is 5.93. The first-order chi connectivity index (χ1) is 19.2. The number of aryl methyl sites for hydroxylation is 1. The first-order valence-electron chi connectivity index (χ1n) is 14.5. The summed E-state index contributed by atoms with van der Waals surface area (Å²) in [6, 6.07) is 6.04. The van der Waals surface area contributed by atoms with Crippen LogP contribution in [0, 0.1) is 5.92 Å².